The Morgan fingerprint density at radius 3 is 2.63 bits per heavy atom. The monoisotopic (exact) mass is 448 g/mol. The second-order valence-corrected chi connectivity index (χ2v) is 8.57. The number of hydrogen-bond donors (Lipinski definition) is 0. The molecule has 0 unspecified atom stereocenters. The fourth-order valence-corrected chi connectivity index (χ4v) is 4.89. The number of carbonyl (C=O) groups excluding carboxylic acids is 1. The van der Waals surface area contributed by atoms with Gasteiger partial charge in [-0.1, -0.05) is 47.5 Å². The number of rotatable bonds is 6. The number of carbonyl (C=O) groups is 1. The van der Waals surface area contributed by atoms with Crippen molar-refractivity contribution in [2.45, 2.75) is 37.8 Å². The van der Waals surface area contributed by atoms with Crippen LogP contribution >= 0.6 is 23.2 Å². The highest BCUT2D eigenvalue weighted by Gasteiger charge is 2.40. The first-order valence-corrected chi connectivity index (χ1v) is 11.1. The van der Waals surface area contributed by atoms with Gasteiger partial charge in [-0.25, -0.2) is 5.06 Å². The van der Waals surface area contributed by atoms with E-state index >= 15 is 0 Å². The van der Waals surface area contributed by atoms with E-state index in [0.717, 1.165) is 31.5 Å². The molecule has 2 aromatic rings. The topological polar surface area (TPSA) is 42.0 Å². The van der Waals surface area contributed by atoms with E-state index in [-0.39, 0.29) is 24.6 Å². The smallest absolute Gasteiger partial charge is 0.284 e. The van der Waals surface area contributed by atoms with Crippen LogP contribution in [0, 0.1) is 0 Å². The lowest BCUT2D eigenvalue weighted by atomic mass is 9.83. The summed E-state index contributed by atoms with van der Waals surface area (Å²) in [5.74, 6) is 0.267. The van der Waals surface area contributed by atoms with Gasteiger partial charge < -0.3 is 4.74 Å². The molecule has 0 bridgehead atoms. The highest BCUT2D eigenvalue weighted by Crippen LogP contribution is 2.38. The maximum atomic E-state index is 13.2. The van der Waals surface area contributed by atoms with Crippen LogP contribution in [0.3, 0.4) is 0 Å². The van der Waals surface area contributed by atoms with Crippen molar-refractivity contribution < 1.29 is 14.4 Å². The Bertz CT molecular complexity index is 902. The maximum absolute atomic E-state index is 13.2. The third-order valence-electron chi connectivity index (χ3n) is 6.01. The summed E-state index contributed by atoms with van der Waals surface area (Å²) in [7, 11) is 1.55. The fourth-order valence-electron chi connectivity index (χ4n) is 4.60. The Hall–Kier alpha value is -1.79. The summed E-state index contributed by atoms with van der Waals surface area (Å²) in [6.45, 7) is 1.99. The van der Waals surface area contributed by atoms with E-state index in [1.807, 2.05) is 6.07 Å². The van der Waals surface area contributed by atoms with E-state index in [4.69, 9.17) is 32.8 Å². The minimum absolute atomic E-state index is 0.142. The van der Waals surface area contributed by atoms with E-state index in [9.17, 15) is 4.79 Å². The molecule has 1 aliphatic heterocycles. The molecule has 1 aliphatic carbocycles. The highest BCUT2D eigenvalue weighted by atomic mass is 35.5. The third-order valence-corrected chi connectivity index (χ3v) is 6.74. The fraction of sp³-hybridized carbons (Fsp3) is 0.435. The zero-order valence-corrected chi connectivity index (χ0v) is 18.5. The molecule has 0 aromatic heterocycles. The number of amides is 1. The molecule has 1 saturated heterocycles. The molecule has 2 atom stereocenters. The molecule has 0 radical (unpaired) electrons. The molecule has 4 rings (SSSR count). The van der Waals surface area contributed by atoms with Crippen molar-refractivity contribution in [3.05, 3.63) is 63.6 Å². The second-order valence-electron chi connectivity index (χ2n) is 7.76. The average molecular weight is 449 g/mol. The number of hydroxylamine groups is 2. The van der Waals surface area contributed by atoms with Crippen molar-refractivity contribution in [3.63, 3.8) is 0 Å². The van der Waals surface area contributed by atoms with Crippen molar-refractivity contribution >= 4 is 29.1 Å². The van der Waals surface area contributed by atoms with Crippen LogP contribution in [-0.2, 0) is 16.1 Å². The molecular formula is C23H26Cl2N2O3. The number of likely N-dealkylation sites (tertiary alicyclic amines) is 1. The lowest BCUT2D eigenvalue weighted by Gasteiger charge is -2.43. The predicted octanol–water partition coefficient (Wildman–Crippen LogP) is 4.91. The minimum Gasteiger partial charge on any atom is -0.484 e. The Morgan fingerprint density at radius 1 is 1.13 bits per heavy atom. The SMILES string of the molecule is CON(C(=O)COc1ccc(Cl)c(Cl)c1)[C@@H]1c2ccccc2CC[C@H]1N1CCCC1. The van der Waals surface area contributed by atoms with E-state index in [2.05, 4.69) is 23.1 Å². The minimum atomic E-state index is -0.227. The van der Waals surface area contributed by atoms with Gasteiger partial charge in [0.1, 0.15) is 11.8 Å². The zero-order valence-electron chi connectivity index (χ0n) is 17.0. The van der Waals surface area contributed by atoms with Crippen LogP contribution in [0.1, 0.15) is 36.4 Å². The largest absolute Gasteiger partial charge is 0.484 e. The Balaban J connectivity index is 1.56. The maximum Gasteiger partial charge on any atom is 0.284 e. The molecule has 2 aromatic carbocycles. The van der Waals surface area contributed by atoms with Crippen LogP contribution in [0.25, 0.3) is 0 Å². The summed E-state index contributed by atoms with van der Waals surface area (Å²) in [6, 6.07) is 13.4. The van der Waals surface area contributed by atoms with E-state index in [1.54, 1.807) is 25.3 Å². The molecule has 1 fully saturated rings. The lowest BCUT2D eigenvalue weighted by molar-refractivity contribution is -0.199. The number of halogens is 2. The van der Waals surface area contributed by atoms with Crippen molar-refractivity contribution in [3.8, 4) is 5.75 Å². The van der Waals surface area contributed by atoms with Crippen LogP contribution in [-0.4, -0.2) is 48.7 Å². The molecule has 160 valence electrons. The summed E-state index contributed by atoms with van der Waals surface area (Å²) >= 11 is 12.0. The molecule has 0 spiro atoms. The third kappa shape index (κ3) is 4.45. The molecule has 1 amide bonds. The Morgan fingerprint density at radius 2 is 1.90 bits per heavy atom. The first-order chi connectivity index (χ1) is 14.6. The van der Waals surface area contributed by atoms with E-state index in [1.165, 1.54) is 23.5 Å². The van der Waals surface area contributed by atoms with Gasteiger partial charge in [0.05, 0.1) is 17.2 Å². The lowest BCUT2D eigenvalue weighted by Crippen LogP contribution is -2.50. The molecule has 0 N–H and O–H groups in total. The second kappa shape index (κ2) is 9.56. The summed E-state index contributed by atoms with van der Waals surface area (Å²) in [5, 5.41) is 2.33. The number of nitrogens with zero attached hydrogens (tertiary/aromatic N) is 2. The van der Waals surface area contributed by atoms with Crippen molar-refractivity contribution in [1.29, 1.82) is 0 Å². The van der Waals surface area contributed by atoms with Gasteiger partial charge in [-0.15, -0.1) is 0 Å². The molecule has 7 heteroatoms. The molecule has 1 heterocycles. The van der Waals surface area contributed by atoms with Crippen LogP contribution < -0.4 is 4.74 Å². The number of benzene rings is 2. The van der Waals surface area contributed by atoms with Gasteiger partial charge in [-0.05, 0) is 62.0 Å². The Kier molecular flexibility index (Phi) is 6.84. The zero-order chi connectivity index (χ0) is 21.1. The normalized spacial score (nSPS) is 21.3. The highest BCUT2D eigenvalue weighted by molar-refractivity contribution is 6.42. The average Bonchev–Trinajstić information content (AvgIpc) is 3.30. The van der Waals surface area contributed by atoms with Gasteiger partial charge in [0.25, 0.3) is 5.91 Å². The van der Waals surface area contributed by atoms with Crippen molar-refractivity contribution in [1.82, 2.24) is 9.96 Å². The first kappa shape index (κ1) is 21.4. The quantitative estimate of drug-likeness (QED) is 0.588. The summed E-state index contributed by atoms with van der Waals surface area (Å²) in [5.41, 5.74) is 2.43. The van der Waals surface area contributed by atoms with Gasteiger partial charge in [-0.3, -0.25) is 14.5 Å². The van der Waals surface area contributed by atoms with Gasteiger partial charge in [0.2, 0.25) is 0 Å². The van der Waals surface area contributed by atoms with Gasteiger partial charge >= 0.3 is 0 Å². The van der Waals surface area contributed by atoms with Crippen molar-refractivity contribution in [2.75, 3.05) is 26.8 Å². The van der Waals surface area contributed by atoms with E-state index in [0.29, 0.717) is 15.8 Å². The molecule has 2 aliphatic rings. The van der Waals surface area contributed by atoms with Gasteiger partial charge in [-0.2, -0.15) is 0 Å². The molecule has 5 nitrogen and oxygen atoms in total. The molecular weight excluding hydrogens is 423 g/mol. The number of hydrogen-bond acceptors (Lipinski definition) is 4. The van der Waals surface area contributed by atoms with Crippen molar-refractivity contribution in [2.24, 2.45) is 0 Å². The molecule has 30 heavy (non-hydrogen) atoms. The summed E-state index contributed by atoms with van der Waals surface area (Å²) < 4.78 is 5.70. The van der Waals surface area contributed by atoms with Gasteiger partial charge in [0.15, 0.2) is 6.61 Å². The Labute approximate surface area is 187 Å². The van der Waals surface area contributed by atoms with Crippen LogP contribution in [0.2, 0.25) is 10.0 Å². The van der Waals surface area contributed by atoms with E-state index < -0.39 is 0 Å². The number of ether oxygens (including phenoxy) is 1. The first-order valence-electron chi connectivity index (χ1n) is 10.3. The standard InChI is InChI=1S/C23H26Cl2N2O3/c1-29-27(22(28)15-30-17-9-10-19(24)20(25)14-17)23-18-7-3-2-6-16(18)8-11-21(23)26-12-4-5-13-26/h2-3,6-7,9-10,14,21,23H,4-5,8,11-13,15H2,1H3/t21-,23-/m1/s1. The summed E-state index contributed by atoms with van der Waals surface area (Å²) in [4.78, 5) is 21.3. The van der Waals surface area contributed by atoms with Crippen LogP contribution in [0.4, 0.5) is 0 Å². The predicted molar refractivity (Wildman–Crippen MR) is 118 cm³/mol. The number of fused-ring (bicyclic) bond motifs is 1. The van der Waals surface area contributed by atoms with Gasteiger partial charge in [0, 0.05) is 12.1 Å². The van der Waals surface area contributed by atoms with Crippen LogP contribution in [0.5, 0.6) is 5.75 Å². The number of aryl methyl sites for hydroxylation is 1. The van der Waals surface area contributed by atoms with Crippen LogP contribution in [0.15, 0.2) is 42.5 Å². The summed E-state index contributed by atoms with van der Waals surface area (Å²) in [6.07, 6.45) is 4.42. The molecule has 0 saturated carbocycles.